The number of amides is 1. The fourth-order valence-corrected chi connectivity index (χ4v) is 3.07. The van der Waals surface area contributed by atoms with Crippen LogP contribution in [0, 0.1) is 18.8 Å². The van der Waals surface area contributed by atoms with Crippen LogP contribution in [-0.4, -0.2) is 42.0 Å². The number of carbonyl (C=O) groups is 1. The molecule has 2 aliphatic rings. The minimum Gasteiger partial charge on any atom is -0.338 e. The van der Waals surface area contributed by atoms with E-state index in [1.807, 2.05) is 17.9 Å². The number of aromatic nitrogens is 1. The molecule has 96 valence electrons. The monoisotopic (exact) mass is 245 g/mol. The van der Waals surface area contributed by atoms with Gasteiger partial charge in [-0.25, -0.2) is 0 Å². The molecule has 18 heavy (non-hydrogen) atoms. The summed E-state index contributed by atoms with van der Waals surface area (Å²) in [6.45, 7) is 5.93. The zero-order chi connectivity index (χ0) is 12.5. The highest BCUT2D eigenvalue weighted by molar-refractivity contribution is 5.94. The molecule has 0 spiro atoms. The molecule has 2 unspecified atom stereocenters. The van der Waals surface area contributed by atoms with Gasteiger partial charge in [0.15, 0.2) is 0 Å². The Kier molecular flexibility index (Phi) is 3.04. The number of likely N-dealkylation sites (tertiary alicyclic amines) is 1. The number of fused-ring (bicyclic) bond motifs is 1. The van der Waals surface area contributed by atoms with Crippen molar-refractivity contribution in [1.82, 2.24) is 15.2 Å². The number of pyridine rings is 1. The Hall–Kier alpha value is -1.42. The van der Waals surface area contributed by atoms with Crippen LogP contribution in [0.2, 0.25) is 0 Å². The predicted molar refractivity (Wildman–Crippen MR) is 69.3 cm³/mol. The largest absolute Gasteiger partial charge is 0.338 e. The van der Waals surface area contributed by atoms with Crippen molar-refractivity contribution in [2.75, 3.05) is 26.2 Å². The quantitative estimate of drug-likeness (QED) is 0.805. The van der Waals surface area contributed by atoms with Gasteiger partial charge in [-0.2, -0.15) is 0 Å². The summed E-state index contributed by atoms with van der Waals surface area (Å²) in [4.78, 5) is 18.5. The Morgan fingerprint density at radius 1 is 1.39 bits per heavy atom. The molecule has 0 saturated carbocycles. The number of hydrogen-bond donors (Lipinski definition) is 1. The fourth-order valence-electron chi connectivity index (χ4n) is 3.07. The van der Waals surface area contributed by atoms with E-state index in [-0.39, 0.29) is 5.91 Å². The van der Waals surface area contributed by atoms with Crippen molar-refractivity contribution in [3.63, 3.8) is 0 Å². The van der Waals surface area contributed by atoms with E-state index in [1.54, 1.807) is 12.4 Å². The summed E-state index contributed by atoms with van der Waals surface area (Å²) in [7, 11) is 0. The van der Waals surface area contributed by atoms with E-state index in [0.29, 0.717) is 5.92 Å². The van der Waals surface area contributed by atoms with Crippen LogP contribution in [0.3, 0.4) is 0 Å². The minimum absolute atomic E-state index is 0.136. The average molecular weight is 245 g/mol. The Labute approximate surface area is 107 Å². The first-order valence-corrected chi connectivity index (χ1v) is 6.65. The topological polar surface area (TPSA) is 45.2 Å². The van der Waals surface area contributed by atoms with Crippen LogP contribution < -0.4 is 5.32 Å². The van der Waals surface area contributed by atoms with E-state index < -0.39 is 0 Å². The molecule has 0 bridgehead atoms. The van der Waals surface area contributed by atoms with E-state index >= 15 is 0 Å². The maximum atomic E-state index is 12.4. The van der Waals surface area contributed by atoms with E-state index in [9.17, 15) is 4.79 Å². The van der Waals surface area contributed by atoms with Crippen LogP contribution in [0.5, 0.6) is 0 Å². The first-order valence-electron chi connectivity index (χ1n) is 6.65. The molecular weight excluding hydrogens is 226 g/mol. The number of aryl methyl sites for hydroxylation is 1. The number of piperidine rings is 1. The molecular formula is C14H19N3O. The van der Waals surface area contributed by atoms with E-state index in [4.69, 9.17) is 0 Å². The molecule has 1 amide bonds. The lowest BCUT2D eigenvalue weighted by Gasteiger charge is -2.34. The Balaban J connectivity index is 1.73. The molecule has 1 aromatic rings. The van der Waals surface area contributed by atoms with Crippen LogP contribution >= 0.6 is 0 Å². The maximum absolute atomic E-state index is 12.4. The van der Waals surface area contributed by atoms with Crippen LogP contribution in [-0.2, 0) is 0 Å². The third kappa shape index (κ3) is 2.12. The molecule has 3 heterocycles. The van der Waals surface area contributed by atoms with Crippen molar-refractivity contribution in [3.8, 4) is 0 Å². The summed E-state index contributed by atoms with van der Waals surface area (Å²) in [5.41, 5.74) is 1.76. The summed E-state index contributed by atoms with van der Waals surface area (Å²) in [5.74, 6) is 1.54. The lowest BCUT2D eigenvalue weighted by Crippen LogP contribution is -2.43. The van der Waals surface area contributed by atoms with Crippen LogP contribution in [0.25, 0.3) is 0 Å². The summed E-state index contributed by atoms with van der Waals surface area (Å²) >= 11 is 0. The van der Waals surface area contributed by atoms with Crippen molar-refractivity contribution in [2.24, 2.45) is 11.8 Å². The van der Waals surface area contributed by atoms with Gasteiger partial charge < -0.3 is 10.2 Å². The molecule has 0 aliphatic carbocycles. The Morgan fingerprint density at radius 2 is 2.22 bits per heavy atom. The minimum atomic E-state index is 0.136. The zero-order valence-electron chi connectivity index (χ0n) is 10.7. The number of carbonyl (C=O) groups excluding carboxylic acids is 1. The molecule has 1 aromatic heterocycles. The van der Waals surface area contributed by atoms with Gasteiger partial charge in [-0.3, -0.25) is 9.78 Å². The standard InChI is InChI=1S/C14H19N3O/c1-10-4-12(7-15-5-10)14(18)17-3-2-11-6-16-8-13(11)9-17/h4-5,7,11,13,16H,2-3,6,8-9H2,1H3. The summed E-state index contributed by atoms with van der Waals surface area (Å²) in [5, 5.41) is 3.42. The molecule has 2 fully saturated rings. The highest BCUT2D eigenvalue weighted by atomic mass is 16.2. The van der Waals surface area contributed by atoms with Crippen molar-refractivity contribution < 1.29 is 4.79 Å². The predicted octanol–water partition coefficient (Wildman–Crippen LogP) is 1.07. The second kappa shape index (κ2) is 4.69. The van der Waals surface area contributed by atoms with Gasteiger partial charge in [-0.15, -0.1) is 0 Å². The summed E-state index contributed by atoms with van der Waals surface area (Å²) in [6, 6.07) is 1.92. The van der Waals surface area contributed by atoms with Gasteiger partial charge in [0.2, 0.25) is 0 Å². The van der Waals surface area contributed by atoms with E-state index in [0.717, 1.165) is 49.6 Å². The van der Waals surface area contributed by atoms with Gasteiger partial charge in [-0.05, 0) is 49.9 Å². The molecule has 4 nitrogen and oxygen atoms in total. The van der Waals surface area contributed by atoms with Crippen molar-refractivity contribution in [3.05, 3.63) is 29.6 Å². The second-order valence-corrected chi connectivity index (χ2v) is 5.47. The third-order valence-corrected chi connectivity index (χ3v) is 4.11. The fraction of sp³-hybridized carbons (Fsp3) is 0.571. The summed E-state index contributed by atoms with van der Waals surface area (Å²) < 4.78 is 0. The first kappa shape index (κ1) is 11.7. The van der Waals surface area contributed by atoms with E-state index in [2.05, 4.69) is 10.3 Å². The zero-order valence-corrected chi connectivity index (χ0v) is 10.7. The third-order valence-electron chi connectivity index (χ3n) is 4.11. The Bertz CT molecular complexity index is 460. The van der Waals surface area contributed by atoms with Gasteiger partial charge in [0.1, 0.15) is 0 Å². The molecule has 0 radical (unpaired) electrons. The number of rotatable bonds is 1. The molecule has 3 rings (SSSR count). The highest BCUT2D eigenvalue weighted by Crippen LogP contribution is 2.27. The van der Waals surface area contributed by atoms with Crippen LogP contribution in [0.4, 0.5) is 0 Å². The average Bonchev–Trinajstić information content (AvgIpc) is 2.85. The smallest absolute Gasteiger partial charge is 0.255 e. The molecule has 0 aromatic carbocycles. The lowest BCUT2D eigenvalue weighted by molar-refractivity contribution is 0.0642. The maximum Gasteiger partial charge on any atom is 0.255 e. The van der Waals surface area contributed by atoms with Crippen LogP contribution in [0.15, 0.2) is 18.5 Å². The number of hydrogen-bond acceptors (Lipinski definition) is 3. The van der Waals surface area contributed by atoms with Gasteiger partial charge in [0, 0.05) is 25.5 Å². The first-order chi connectivity index (χ1) is 8.74. The van der Waals surface area contributed by atoms with Crippen molar-refractivity contribution >= 4 is 5.91 Å². The number of nitrogens with one attached hydrogen (secondary N) is 1. The van der Waals surface area contributed by atoms with Gasteiger partial charge in [0.05, 0.1) is 5.56 Å². The van der Waals surface area contributed by atoms with Crippen LogP contribution in [0.1, 0.15) is 22.3 Å². The van der Waals surface area contributed by atoms with Gasteiger partial charge in [0.25, 0.3) is 5.91 Å². The number of nitrogens with zero attached hydrogens (tertiary/aromatic N) is 2. The molecule has 1 N–H and O–H groups in total. The molecule has 2 aliphatic heterocycles. The Morgan fingerprint density at radius 3 is 3.06 bits per heavy atom. The SMILES string of the molecule is Cc1cncc(C(=O)N2CCC3CNCC3C2)c1. The van der Waals surface area contributed by atoms with Crippen molar-refractivity contribution in [2.45, 2.75) is 13.3 Å². The van der Waals surface area contributed by atoms with Crippen molar-refractivity contribution in [1.29, 1.82) is 0 Å². The van der Waals surface area contributed by atoms with Gasteiger partial charge in [-0.1, -0.05) is 0 Å². The molecule has 4 heteroatoms. The summed E-state index contributed by atoms with van der Waals surface area (Å²) in [6.07, 6.45) is 4.58. The normalized spacial score (nSPS) is 27.1. The highest BCUT2D eigenvalue weighted by Gasteiger charge is 2.34. The van der Waals surface area contributed by atoms with Gasteiger partial charge >= 0.3 is 0 Å². The molecule has 2 atom stereocenters. The lowest BCUT2D eigenvalue weighted by atomic mass is 9.88. The second-order valence-electron chi connectivity index (χ2n) is 5.47. The molecule has 2 saturated heterocycles. The van der Waals surface area contributed by atoms with E-state index in [1.165, 1.54) is 0 Å².